The predicted octanol–water partition coefficient (Wildman–Crippen LogP) is 6.57. The largest absolute Gasteiger partial charge is 0.321 e. The Morgan fingerprint density at radius 2 is 1.65 bits per heavy atom. The monoisotopic (exact) mass is 570 g/mol. The average Bonchev–Trinajstić information content (AvgIpc) is 2.95. The Hall–Kier alpha value is -4.40. The number of nitrogens with zero attached hydrogens (tertiary/aromatic N) is 1. The van der Waals surface area contributed by atoms with Gasteiger partial charge >= 0.3 is 0 Å². The molecule has 3 N–H and O–H groups in total. The van der Waals surface area contributed by atoms with Crippen molar-refractivity contribution >= 4 is 58.7 Å². The van der Waals surface area contributed by atoms with Gasteiger partial charge in [-0.15, -0.1) is 11.8 Å². The second kappa shape index (κ2) is 13.6. The molecule has 4 rings (SSSR count). The van der Waals surface area contributed by atoms with Gasteiger partial charge in [0, 0.05) is 22.3 Å². The van der Waals surface area contributed by atoms with Crippen molar-refractivity contribution in [3.05, 3.63) is 125 Å². The maximum atomic E-state index is 13.3. The summed E-state index contributed by atoms with van der Waals surface area (Å²) in [6.07, 6.45) is 3.09. The van der Waals surface area contributed by atoms with Gasteiger partial charge in [-0.1, -0.05) is 65.7 Å². The number of hydrogen-bond donors (Lipinski definition) is 3. The predicted molar refractivity (Wildman–Crippen MR) is 161 cm³/mol. The van der Waals surface area contributed by atoms with Gasteiger partial charge in [-0.05, 0) is 68.0 Å². The highest BCUT2D eigenvalue weighted by atomic mass is 35.5. The van der Waals surface area contributed by atoms with Gasteiger partial charge in [0.15, 0.2) is 0 Å². The molecule has 4 aromatic rings. The maximum Gasteiger partial charge on any atom is 0.272 e. The molecule has 1 atom stereocenters. The summed E-state index contributed by atoms with van der Waals surface area (Å²) in [4.78, 5) is 43.7. The van der Waals surface area contributed by atoms with Crippen molar-refractivity contribution in [3.8, 4) is 0 Å². The number of aryl methyl sites for hydroxylation is 1. The highest BCUT2D eigenvalue weighted by Gasteiger charge is 2.17. The van der Waals surface area contributed by atoms with Gasteiger partial charge in [-0.3, -0.25) is 14.4 Å². The number of carbonyl (C=O) groups excluding carboxylic acids is 3. The molecule has 1 aromatic heterocycles. The highest BCUT2D eigenvalue weighted by Crippen LogP contribution is 2.27. The summed E-state index contributed by atoms with van der Waals surface area (Å²) in [7, 11) is 0. The average molecular weight is 571 g/mol. The summed E-state index contributed by atoms with van der Waals surface area (Å²) < 4.78 is 0. The van der Waals surface area contributed by atoms with E-state index in [0.29, 0.717) is 22.1 Å². The van der Waals surface area contributed by atoms with Crippen molar-refractivity contribution in [1.29, 1.82) is 0 Å². The number of rotatable bonds is 9. The lowest BCUT2D eigenvalue weighted by atomic mass is 10.1. The smallest absolute Gasteiger partial charge is 0.272 e. The molecule has 0 saturated heterocycles. The van der Waals surface area contributed by atoms with Crippen LogP contribution < -0.4 is 16.0 Å². The highest BCUT2D eigenvalue weighted by molar-refractivity contribution is 8.00. The molecule has 0 fully saturated rings. The Balaban J connectivity index is 1.47. The van der Waals surface area contributed by atoms with Gasteiger partial charge in [-0.25, -0.2) is 4.98 Å². The molecular weight excluding hydrogens is 544 g/mol. The molecule has 0 aliphatic heterocycles. The molecular formula is C31H27ClN4O3S. The molecule has 0 aliphatic carbocycles. The molecule has 1 unspecified atom stereocenters. The molecule has 7 nitrogen and oxygen atoms in total. The lowest BCUT2D eigenvalue weighted by molar-refractivity contribution is -0.115. The van der Waals surface area contributed by atoms with Crippen LogP contribution in [0.15, 0.2) is 108 Å². The summed E-state index contributed by atoms with van der Waals surface area (Å²) in [5, 5.41) is 8.41. The zero-order chi connectivity index (χ0) is 28.5. The number of amides is 3. The van der Waals surface area contributed by atoms with E-state index in [1.54, 1.807) is 67.6 Å². The minimum atomic E-state index is -0.480. The molecule has 0 radical (unpaired) electrons. The topological polar surface area (TPSA) is 100 Å². The van der Waals surface area contributed by atoms with Crippen molar-refractivity contribution in [2.24, 2.45) is 0 Å². The summed E-state index contributed by atoms with van der Waals surface area (Å²) in [5.41, 5.74) is 2.90. The van der Waals surface area contributed by atoms with E-state index in [4.69, 9.17) is 11.6 Å². The van der Waals surface area contributed by atoms with Crippen LogP contribution in [0.25, 0.3) is 6.08 Å². The van der Waals surface area contributed by atoms with Crippen LogP contribution in [0, 0.1) is 6.92 Å². The van der Waals surface area contributed by atoms with Crippen LogP contribution in [0.2, 0.25) is 5.02 Å². The number of benzene rings is 3. The fourth-order valence-corrected chi connectivity index (χ4v) is 4.59. The molecule has 202 valence electrons. The van der Waals surface area contributed by atoms with E-state index in [0.717, 1.165) is 16.0 Å². The van der Waals surface area contributed by atoms with E-state index in [-0.39, 0.29) is 11.6 Å². The van der Waals surface area contributed by atoms with Crippen LogP contribution in [-0.2, 0) is 9.59 Å². The molecule has 1 heterocycles. The first-order chi connectivity index (χ1) is 19.3. The number of halogens is 1. The number of nitrogens with one attached hydrogen (secondary N) is 3. The van der Waals surface area contributed by atoms with Gasteiger partial charge in [0.2, 0.25) is 5.91 Å². The summed E-state index contributed by atoms with van der Waals surface area (Å²) in [6.45, 7) is 3.76. The lowest BCUT2D eigenvalue weighted by Crippen LogP contribution is -2.30. The zero-order valence-electron chi connectivity index (χ0n) is 21.9. The summed E-state index contributed by atoms with van der Waals surface area (Å²) >= 11 is 7.19. The second-order valence-corrected chi connectivity index (χ2v) is 10.7. The first-order valence-corrected chi connectivity index (χ1v) is 13.7. The van der Waals surface area contributed by atoms with Crippen molar-refractivity contribution in [2.45, 2.75) is 24.0 Å². The van der Waals surface area contributed by atoms with Crippen molar-refractivity contribution in [2.75, 3.05) is 10.6 Å². The fourth-order valence-electron chi connectivity index (χ4n) is 3.55. The molecule has 0 spiro atoms. The zero-order valence-corrected chi connectivity index (χ0v) is 23.4. The van der Waals surface area contributed by atoms with E-state index in [1.165, 1.54) is 18.0 Å². The van der Waals surface area contributed by atoms with E-state index in [1.807, 2.05) is 43.3 Å². The second-order valence-electron chi connectivity index (χ2n) is 8.88. The lowest BCUT2D eigenvalue weighted by Gasteiger charge is -2.14. The van der Waals surface area contributed by atoms with Gasteiger partial charge in [0.1, 0.15) is 11.5 Å². The van der Waals surface area contributed by atoms with Crippen LogP contribution in [0.5, 0.6) is 0 Å². The molecule has 3 aromatic carbocycles. The first-order valence-electron chi connectivity index (χ1n) is 12.4. The van der Waals surface area contributed by atoms with Crippen molar-refractivity contribution in [3.63, 3.8) is 0 Å². The molecule has 0 saturated carbocycles. The van der Waals surface area contributed by atoms with Crippen LogP contribution in [0.3, 0.4) is 0 Å². The third-order valence-electron chi connectivity index (χ3n) is 5.67. The van der Waals surface area contributed by atoms with Crippen LogP contribution in [0.4, 0.5) is 11.5 Å². The molecule has 3 amide bonds. The van der Waals surface area contributed by atoms with Gasteiger partial charge in [0.05, 0.1) is 10.3 Å². The normalized spacial score (nSPS) is 11.8. The fraction of sp³-hybridized carbons (Fsp3) is 0.0968. The van der Waals surface area contributed by atoms with Gasteiger partial charge in [-0.2, -0.15) is 0 Å². The third kappa shape index (κ3) is 8.30. The minimum absolute atomic E-state index is 0.0963. The Morgan fingerprint density at radius 3 is 2.35 bits per heavy atom. The Kier molecular flexibility index (Phi) is 9.72. The first kappa shape index (κ1) is 28.6. The van der Waals surface area contributed by atoms with Crippen LogP contribution in [0.1, 0.15) is 28.4 Å². The maximum absolute atomic E-state index is 13.3. The van der Waals surface area contributed by atoms with Crippen molar-refractivity contribution < 1.29 is 14.4 Å². The Morgan fingerprint density at radius 1 is 0.900 bits per heavy atom. The molecule has 0 aliphatic rings. The third-order valence-corrected chi connectivity index (χ3v) is 6.99. The summed E-state index contributed by atoms with van der Waals surface area (Å²) in [6, 6.07) is 26.7. The van der Waals surface area contributed by atoms with E-state index < -0.39 is 17.1 Å². The van der Waals surface area contributed by atoms with Gasteiger partial charge in [0.25, 0.3) is 11.8 Å². The molecule has 40 heavy (non-hydrogen) atoms. The van der Waals surface area contributed by atoms with E-state index in [9.17, 15) is 14.4 Å². The van der Waals surface area contributed by atoms with Crippen molar-refractivity contribution in [1.82, 2.24) is 10.3 Å². The SMILES string of the molecule is Cc1ccc(/C=C(\NC(=O)c2ccccc2)C(=O)Nc2cccc(SC(C)C(=O)Nc3ccc(Cl)cn3)c2)cc1. The number of thioether (sulfide) groups is 1. The standard InChI is InChI=1S/C31H27ClN4O3S/c1-20-11-13-22(14-12-20)17-27(35-30(38)23-7-4-3-5-8-23)31(39)34-25-9-6-10-26(18-25)40-21(2)29(37)36-28-16-15-24(32)19-33-28/h3-19,21H,1-2H3,(H,34,39)(H,35,38)(H,33,36,37)/b27-17-. The number of anilines is 2. The Bertz CT molecular complexity index is 1520. The van der Waals surface area contributed by atoms with Gasteiger partial charge < -0.3 is 16.0 Å². The van der Waals surface area contributed by atoms with E-state index >= 15 is 0 Å². The number of carbonyl (C=O) groups is 3. The van der Waals surface area contributed by atoms with Crippen LogP contribution in [-0.4, -0.2) is 28.0 Å². The minimum Gasteiger partial charge on any atom is -0.321 e. The molecule has 9 heteroatoms. The summed E-state index contributed by atoms with van der Waals surface area (Å²) in [5.74, 6) is -0.686. The molecule has 0 bridgehead atoms. The quantitative estimate of drug-likeness (QED) is 0.156. The number of pyridine rings is 1. The number of hydrogen-bond acceptors (Lipinski definition) is 5. The Labute approximate surface area is 242 Å². The number of aromatic nitrogens is 1. The van der Waals surface area contributed by atoms with E-state index in [2.05, 4.69) is 20.9 Å². The van der Waals surface area contributed by atoms with Crippen LogP contribution >= 0.6 is 23.4 Å².